The van der Waals surface area contributed by atoms with Gasteiger partial charge in [-0.15, -0.1) is 0 Å². The van der Waals surface area contributed by atoms with E-state index in [2.05, 4.69) is 0 Å². The van der Waals surface area contributed by atoms with E-state index in [0.717, 1.165) is 0 Å². The van der Waals surface area contributed by atoms with Crippen molar-refractivity contribution in [2.75, 3.05) is 34.0 Å². The molecular weight excluding hydrogens is 156 g/mol. The monoisotopic (exact) mass is 174 g/mol. The van der Waals surface area contributed by atoms with E-state index in [1.54, 1.807) is 14.2 Å². The van der Waals surface area contributed by atoms with E-state index in [9.17, 15) is 0 Å². The molecule has 0 N–H and O–H groups in total. The van der Waals surface area contributed by atoms with Gasteiger partial charge in [-0.1, -0.05) is 12.2 Å². The first-order valence-corrected chi connectivity index (χ1v) is 4.05. The van der Waals surface area contributed by atoms with Crippen molar-refractivity contribution in [3.05, 3.63) is 12.2 Å². The summed E-state index contributed by atoms with van der Waals surface area (Å²) in [6, 6.07) is 0. The van der Waals surface area contributed by atoms with Gasteiger partial charge in [-0.05, 0) is 6.92 Å². The molecule has 0 aliphatic carbocycles. The molecule has 0 atom stereocenters. The summed E-state index contributed by atoms with van der Waals surface area (Å²) in [5.74, 6) is 0. The first-order chi connectivity index (χ1) is 5.85. The number of methoxy groups -OCH3 is 2. The Hall–Kier alpha value is -0.380. The molecule has 0 saturated heterocycles. The number of hydrogen-bond acceptors (Lipinski definition) is 3. The summed E-state index contributed by atoms with van der Waals surface area (Å²) in [6.07, 6.45) is 3.95. The molecule has 0 unspecified atom stereocenters. The van der Waals surface area contributed by atoms with Crippen LogP contribution in [0.1, 0.15) is 6.92 Å². The number of ether oxygens (including phenoxy) is 3. The van der Waals surface area contributed by atoms with Crippen LogP contribution < -0.4 is 0 Å². The van der Waals surface area contributed by atoms with Crippen molar-refractivity contribution in [3.8, 4) is 0 Å². The molecular formula is C9H18O3. The number of allylic oxidation sites excluding steroid dienone is 1. The lowest BCUT2D eigenvalue weighted by Crippen LogP contribution is -2.24. The lowest BCUT2D eigenvalue weighted by molar-refractivity contribution is -0.0311. The summed E-state index contributed by atoms with van der Waals surface area (Å²) in [5, 5.41) is 0. The third-order valence-electron chi connectivity index (χ3n) is 1.37. The maximum atomic E-state index is 5.43. The van der Waals surface area contributed by atoms with Gasteiger partial charge >= 0.3 is 0 Å². The average Bonchev–Trinajstić information content (AvgIpc) is 2.06. The van der Waals surface area contributed by atoms with E-state index in [0.29, 0.717) is 19.8 Å². The topological polar surface area (TPSA) is 27.7 Å². The zero-order chi connectivity index (χ0) is 9.23. The molecule has 0 aromatic rings. The van der Waals surface area contributed by atoms with Crippen LogP contribution in [0.4, 0.5) is 0 Å². The fourth-order valence-corrected chi connectivity index (χ4v) is 0.804. The molecule has 0 aromatic heterocycles. The second-order valence-electron chi connectivity index (χ2n) is 2.44. The van der Waals surface area contributed by atoms with E-state index in [4.69, 9.17) is 14.2 Å². The van der Waals surface area contributed by atoms with Crippen molar-refractivity contribution in [2.45, 2.75) is 13.0 Å². The minimum absolute atomic E-state index is 0.0381. The summed E-state index contributed by atoms with van der Waals surface area (Å²) in [4.78, 5) is 0. The van der Waals surface area contributed by atoms with Crippen LogP contribution in [0.25, 0.3) is 0 Å². The fraction of sp³-hybridized carbons (Fsp3) is 0.778. The molecule has 0 bridgehead atoms. The highest BCUT2D eigenvalue weighted by molar-refractivity contribution is 4.76. The Kier molecular flexibility index (Phi) is 8.44. The van der Waals surface area contributed by atoms with Crippen molar-refractivity contribution >= 4 is 0 Å². The van der Waals surface area contributed by atoms with Gasteiger partial charge in [0.15, 0.2) is 0 Å². The maximum absolute atomic E-state index is 5.43. The zero-order valence-electron chi connectivity index (χ0n) is 8.08. The van der Waals surface area contributed by atoms with Crippen molar-refractivity contribution in [1.82, 2.24) is 0 Å². The van der Waals surface area contributed by atoms with E-state index < -0.39 is 0 Å². The Morgan fingerprint density at radius 3 is 2.17 bits per heavy atom. The predicted molar refractivity (Wildman–Crippen MR) is 48.3 cm³/mol. The van der Waals surface area contributed by atoms with Gasteiger partial charge in [-0.3, -0.25) is 0 Å². The summed E-state index contributed by atoms with van der Waals surface area (Å²) in [7, 11) is 3.31. The molecule has 0 saturated carbocycles. The molecule has 0 aliphatic rings. The molecule has 72 valence electrons. The van der Waals surface area contributed by atoms with Gasteiger partial charge < -0.3 is 14.2 Å². The van der Waals surface area contributed by atoms with Crippen LogP contribution in [-0.2, 0) is 14.2 Å². The van der Waals surface area contributed by atoms with Crippen molar-refractivity contribution < 1.29 is 14.2 Å². The van der Waals surface area contributed by atoms with Gasteiger partial charge in [0.2, 0.25) is 0 Å². The van der Waals surface area contributed by atoms with Crippen molar-refractivity contribution in [3.63, 3.8) is 0 Å². The van der Waals surface area contributed by atoms with Gasteiger partial charge in [-0.2, -0.15) is 0 Å². The molecule has 0 fully saturated rings. The highest BCUT2D eigenvalue weighted by Crippen LogP contribution is 1.93. The normalized spacial score (nSPS) is 11.7. The van der Waals surface area contributed by atoms with Gasteiger partial charge in [0, 0.05) is 14.2 Å². The number of rotatable bonds is 7. The van der Waals surface area contributed by atoms with E-state index in [1.807, 2.05) is 19.1 Å². The van der Waals surface area contributed by atoms with Gasteiger partial charge in [0.25, 0.3) is 0 Å². The summed E-state index contributed by atoms with van der Waals surface area (Å²) in [6.45, 7) is 3.73. The van der Waals surface area contributed by atoms with Crippen LogP contribution in [0.2, 0.25) is 0 Å². The third kappa shape index (κ3) is 6.34. The van der Waals surface area contributed by atoms with Gasteiger partial charge in [0.1, 0.15) is 6.10 Å². The predicted octanol–water partition coefficient (Wildman–Crippen LogP) is 1.24. The summed E-state index contributed by atoms with van der Waals surface area (Å²) >= 11 is 0. The van der Waals surface area contributed by atoms with Gasteiger partial charge in [-0.25, -0.2) is 0 Å². The third-order valence-corrected chi connectivity index (χ3v) is 1.37. The highest BCUT2D eigenvalue weighted by Gasteiger charge is 2.06. The Labute approximate surface area is 74.3 Å². The van der Waals surface area contributed by atoms with Crippen LogP contribution in [0.3, 0.4) is 0 Å². The minimum Gasteiger partial charge on any atom is -0.382 e. The Morgan fingerprint density at radius 2 is 1.75 bits per heavy atom. The van der Waals surface area contributed by atoms with Gasteiger partial charge in [0.05, 0.1) is 19.8 Å². The lowest BCUT2D eigenvalue weighted by atomic mass is 10.4. The summed E-state index contributed by atoms with van der Waals surface area (Å²) < 4.78 is 15.3. The smallest absolute Gasteiger partial charge is 0.104 e. The second-order valence-corrected chi connectivity index (χ2v) is 2.44. The standard InChI is InChI=1S/C9H18O3/c1-4-5-6-12-9(7-10-2)8-11-3/h4-5,9H,6-8H2,1-3H3/b5-4+. The van der Waals surface area contributed by atoms with E-state index >= 15 is 0 Å². The van der Waals surface area contributed by atoms with Crippen molar-refractivity contribution in [1.29, 1.82) is 0 Å². The second kappa shape index (κ2) is 8.71. The van der Waals surface area contributed by atoms with Crippen LogP contribution in [-0.4, -0.2) is 40.1 Å². The molecule has 0 heterocycles. The molecule has 0 rings (SSSR count). The van der Waals surface area contributed by atoms with Crippen molar-refractivity contribution in [2.24, 2.45) is 0 Å². The number of hydrogen-bond donors (Lipinski definition) is 0. The Balaban J connectivity index is 3.47. The van der Waals surface area contributed by atoms with E-state index in [-0.39, 0.29) is 6.10 Å². The minimum atomic E-state index is 0.0381. The van der Waals surface area contributed by atoms with Crippen LogP contribution in [0, 0.1) is 0 Å². The zero-order valence-corrected chi connectivity index (χ0v) is 8.08. The fourth-order valence-electron chi connectivity index (χ4n) is 0.804. The molecule has 12 heavy (non-hydrogen) atoms. The molecule has 3 nitrogen and oxygen atoms in total. The molecule has 0 radical (unpaired) electrons. The SMILES string of the molecule is C/C=C/COC(COC)COC. The molecule has 0 spiro atoms. The maximum Gasteiger partial charge on any atom is 0.104 e. The molecule has 3 heteroatoms. The van der Waals surface area contributed by atoms with Crippen LogP contribution in [0.5, 0.6) is 0 Å². The lowest BCUT2D eigenvalue weighted by Gasteiger charge is -2.14. The Morgan fingerprint density at radius 1 is 1.17 bits per heavy atom. The molecule has 0 amide bonds. The Bertz CT molecular complexity index is 106. The quantitative estimate of drug-likeness (QED) is 0.543. The van der Waals surface area contributed by atoms with E-state index in [1.165, 1.54) is 0 Å². The molecule has 0 aliphatic heterocycles. The first kappa shape index (κ1) is 11.6. The first-order valence-electron chi connectivity index (χ1n) is 4.05. The van der Waals surface area contributed by atoms with Crippen LogP contribution >= 0.6 is 0 Å². The summed E-state index contributed by atoms with van der Waals surface area (Å²) in [5.41, 5.74) is 0. The largest absolute Gasteiger partial charge is 0.382 e. The molecule has 0 aromatic carbocycles. The highest BCUT2D eigenvalue weighted by atomic mass is 16.6. The average molecular weight is 174 g/mol. The van der Waals surface area contributed by atoms with Crippen LogP contribution in [0.15, 0.2) is 12.2 Å².